The summed E-state index contributed by atoms with van der Waals surface area (Å²) in [5.41, 5.74) is 0. The Hall–Kier alpha value is -0.560. The van der Waals surface area contributed by atoms with Crippen LogP contribution in [0.1, 0.15) is 0 Å². The summed E-state index contributed by atoms with van der Waals surface area (Å²) in [5.74, 6) is -0.517. The van der Waals surface area contributed by atoms with Crippen molar-refractivity contribution >= 4 is 17.9 Å². The Balaban J connectivity index is 3.88. The van der Waals surface area contributed by atoms with Crippen molar-refractivity contribution < 1.29 is 4.79 Å². The van der Waals surface area contributed by atoms with Gasteiger partial charge in [0.05, 0.1) is 5.92 Å². The van der Waals surface area contributed by atoms with Crippen LogP contribution in [0, 0.1) is 5.92 Å². The first-order chi connectivity index (χ1) is 3.72. The topological polar surface area (TPSA) is 17.1 Å². The van der Waals surface area contributed by atoms with E-state index in [1.54, 1.807) is 6.29 Å². The van der Waals surface area contributed by atoms with Gasteiger partial charge in [-0.25, -0.2) is 0 Å². The summed E-state index contributed by atoms with van der Waals surface area (Å²) in [6.45, 7) is 6.67. The predicted octanol–water partition coefficient (Wildman–Crippen LogP) is 1.65. The minimum atomic E-state index is -0.517. The van der Waals surface area contributed by atoms with E-state index in [0.717, 1.165) is 0 Å². The van der Waals surface area contributed by atoms with E-state index in [1.165, 1.54) is 6.08 Å². The van der Waals surface area contributed by atoms with Gasteiger partial charge in [-0.2, -0.15) is 0 Å². The van der Waals surface area contributed by atoms with Crippen LogP contribution in [-0.4, -0.2) is 6.29 Å². The number of allylic oxidation sites excluding steroid dienone is 2. The van der Waals surface area contributed by atoms with E-state index in [1.807, 2.05) is 0 Å². The molecule has 0 N–H and O–H groups in total. The van der Waals surface area contributed by atoms with Crippen molar-refractivity contribution in [3.63, 3.8) is 0 Å². The Morgan fingerprint density at radius 2 is 2.38 bits per heavy atom. The first kappa shape index (κ1) is 7.44. The van der Waals surface area contributed by atoms with Gasteiger partial charge in [0.15, 0.2) is 0 Å². The van der Waals surface area contributed by atoms with Gasteiger partial charge in [-0.15, -0.1) is 6.58 Å². The fourth-order valence-electron chi connectivity index (χ4n) is 0.240. The van der Waals surface area contributed by atoms with Gasteiger partial charge < -0.3 is 0 Å². The van der Waals surface area contributed by atoms with Crippen molar-refractivity contribution in [1.82, 2.24) is 0 Å². The summed E-state index contributed by atoms with van der Waals surface area (Å²) < 4.78 is 0. The van der Waals surface area contributed by atoms with Crippen LogP contribution in [0.25, 0.3) is 0 Å². The molecule has 1 radical (unpaired) electrons. The van der Waals surface area contributed by atoms with E-state index in [2.05, 4.69) is 13.2 Å². The molecule has 1 nitrogen and oxygen atoms in total. The Morgan fingerprint density at radius 1 is 1.88 bits per heavy atom. The smallest absolute Gasteiger partial charge is 0.211 e. The highest BCUT2D eigenvalue weighted by Gasteiger charge is 2.02. The molecule has 0 saturated heterocycles. The average Bonchev–Trinajstić information content (AvgIpc) is 1.69. The zero-order valence-corrected chi connectivity index (χ0v) is 5.11. The molecule has 0 heterocycles. The third-order valence-electron chi connectivity index (χ3n) is 0.700. The van der Waals surface area contributed by atoms with E-state index in [9.17, 15) is 4.79 Å². The van der Waals surface area contributed by atoms with Gasteiger partial charge in [0.1, 0.15) is 0 Å². The quantitative estimate of drug-likeness (QED) is 0.530. The zero-order chi connectivity index (χ0) is 6.57. The van der Waals surface area contributed by atoms with Crippen molar-refractivity contribution in [3.8, 4) is 0 Å². The number of rotatable bonds is 3. The first-order valence-corrected chi connectivity index (χ1v) is 2.44. The van der Waals surface area contributed by atoms with Crippen LogP contribution in [-0.2, 0) is 4.79 Å². The highest BCUT2D eigenvalue weighted by Crippen LogP contribution is 2.10. The lowest BCUT2D eigenvalue weighted by Gasteiger charge is -1.94. The van der Waals surface area contributed by atoms with Crippen molar-refractivity contribution in [3.05, 3.63) is 24.3 Å². The molecule has 0 aromatic carbocycles. The van der Waals surface area contributed by atoms with E-state index in [4.69, 9.17) is 11.6 Å². The zero-order valence-electron chi connectivity index (χ0n) is 4.36. The molecule has 43 valence electrons. The Morgan fingerprint density at radius 3 is 2.38 bits per heavy atom. The Bertz CT molecular complexity index is 110. The molecule has 0 amide bonds. The Labute approximate surface area is 53.6 Å². The molecule has 1 unspecified atom stereocenters. The van der Waals surface area contributed by atoms with E-state index < -0.39 is 5.92 Å². The molecular formula is C6H6ClO. The van der Waals surface area contributed by atoms with Crippen LogP contribution >= 0.6 is 11.6 Å². The highest BCUT2D eigenvalue weighted by molar-refractivity contribution is 6.30. The van der Waals surface area contributed by atoms with Crippen molar-refractivity contribution in [1.29, 1.82) is 0 Å². The average molecular weight is 130 g/mol. The molecule has 0 spiro atoms. The van der Waals surface area contributed by atoms with Gasteiger partial charge in [-0.1, -0.05) is 24.3 Å². The van der Waals surface area contributed by atoms with Crippen LogP contribution < -0.4 is 0 Å². The molecule has 0 aromatic heterocycles. The van der Waals surface area contributed by atoms with Crippen molar-refractivity contribution in [2.24, 2.45) is 5.92 Å². The molecular weight excluding hydrogens is 124 g/mol. The monoisotopic (exact) mass is 129 g/mol. The molecule has 0 saturated carbocycles. The minimum Gasteiger partial charge on any atom is -0.290 e. The number of hydrogen-bond donors (Lipinski definition) is 0. The van der Waals surface area contributed by atoms with Gasteiger partial charge in [0.2, 0.25) is 6.29 Å². The SMILES string of the molecule is C=CC([C]=O)C(=C)Cl. The number of halogens is 1. The molecule has 0 aliphatic rings. The maximum atomic E-state index is 9.84. The summed E-state index contributed by atoms with van der Waals surface area (Å²) >= 11 is 5.32. The Kier molecular flexibility index (Phi) is 3.20. The molecule has 0 bridgehead atoms. The molecule has 0 rings (SSSR count). The summed E-state index contributed by atoms with van der Waals surface area (Å²) in [6, 6.07) is 0. The summed E-state index contributed by atoms with van der Waals surface area (Å²) in [7, 11) is 0. The van der Waals surface area contributed by atoms with Crippen molar-refractivity contribution in [2.45, 2.75) is 0 Å². The fraction of sp³-hybridized carbons (Fsp3) is 0.167. The van der Waals surface area contributed by atoms with Gasteiger partial charge in [-0.3, -0.25) is 4.79 Å². The summed E-state index contributed by atoms with van der Waals surface area (Å²) in [6.07, 6.45) is 3.04. The second-order valence-corrected chi connectivity index (χ2v) is 1.76. The summed E-state index contributed by atoms with van der Waals surface area (Å²) in [4.78, 5) is 9.84. The van der Waals surface area contributed by atoms with Gasteiger partial charge >= 0.3 is 0 Å². The largest absolute Gasteiger partial charge is 0.290 e. The predicted molar refractivity (Wildman–Crippen MR) is 34.4 cm³/mol. The van der Waals surface area contributed by atoms with Crippen LogP contribution in [0.15, 0.2) is 24.3 Å². The minimum absolute atomic E-state index is 0.259. The second kappa shape index (κ2) is 3.44. The van der Waals surface area contributed by atoms with E-state index in [0.29, 0.717) is 0 Å². The summed E-state index contributed by atoms with van der Waals surface area (Å²) in [5, 5.41) is 0.259. The number of hydrogen-bond acceptors (Lipinski definition) is 1. The lowest BCUT2D eigenvalue weighted by atomic mass is 10.2. The molecule has 8 heavy (non-hydrogen) atoms. The standard InChI is InChI=1S/C6H6ClO/c1-3-6(4-8)5(2)7/h3,6H,1-2H2. The third-order valence-corrected chi connectivity index (χ3v) is 0.935. The molecule has 0 aliphatic heterocycles. The van der Waals surface area contributed by atoms with E-state index in [-0.39, 0.29) is 5.03 Å². The maximum Gasteiger partial charge on any atom is 0.211 e. The highest BCUT2D eigenvalue weighted by atomic mass is 35.5. The number of carbonyl (C=O) groups excluding carboxylic acids is 1. The van der Waals surface area contributed by atoms with Gasteiger partial charge in [0.25, 0.3) is 0 Å². The van der Waals surface area contributed by atoms with Crippen LogP contribution in [0.5, 0.6) is 0 Å². The third kappa shape index (κ3) is 1.94. The first-order valence-electron chi connectivity index (χ1n) is 2.07. The normalized spacial score (nSPS) is 12.1. The molecule has 1 atom stereocenters. The molecule has 2 heteroatoms. The van der Waals surface area contributed by atoms with Crippen LogP contribution in [0.3, 0.4) is 0 Å². The fourth-order valence-corrected chi connectivity index (χ4v) is 0.374. The van der Waals surface area contributed by atoms with Crippen LogP contribution in [0.2, 0.25) is 0 Å². The lowest BCUT2D eigenvalue weighted by Crippen LogP contribution is -1.94. The van der Waals surface area contributed by atoms with Crippen molar-refractivity contribution in [2.75, 3.05) is 0 Å². The van der Waals surface area contributed by atoms with E-state index >= 15 is 0 Å². The molecule has 0 aliphatic carbocycles. The van der Waals surface area contributed by atoms with Gasteiger partial charge in [0, 0.05) is 5.03 Å². The molecule has 0 fully saturated rings. The van der Waals surface area contributed by atoms with Crippen LogP contribution in [0.4, 0.5) is 0 Å². The molecule has 0 aromatic rings. The van der Waals surface area contributed by atoms with Gasteiger partial charge in [-0.05, 0) is 0 Å². The lowest BCUT2D eigenvalue weighted by molar-refractivity contribution is 0.547. The second-order valence-electron chi connectivity index (χ2n) is 1.28. The maximum absolute atomic E-state index is 9.84.